The minimum Gasteiger partial charge on any atom is -0.308 e. The Labute approximate surface area is 129 Å². The van der Waals surface area contributed by atoms with Gasteiger partial charge in [-0.1, -0.05) is 26.0 Å². The third-order valence-electron chi connectivity index (χ3n) is 3.68. The van der Waals surface area contributed by atoms with Gasteiger partial charge in [-0.3, -0.25) is 9.69 Å². The van der Waals surface area contributed by atoms with Gasteiger partial charge in [-0.25, -0.2) is 0 Å². The Kier molecular flexibility index (Phi) is 7.06. The molecule has 0 aliphatic carbocycles. The van der Waals surface area contributed by atoms with Crippen molar-refractivity contribution in [2.24, 2.45) is 5.92 Å². The van der Waals surface area contributed by atoms with E-state index in [4.69, 9.17) is 0 Å². The number of ketones is 1. The van der Waals surface area contributed by atoms with Crippen LogP contribution >= 0.6 is 0 Å². The van der Waals surface area contributed by atoms with Crippen LogP contribution in [0.4, 0.5) is 0 Å². The molecule has 0 aliphatic rings. The molecular formula is C18H30N2O. The molecule has 0 unspecified atom stereocenters. The molecule has 0 fully saturated rings. The SMILES string of the molecule is Cc1ccc(C(=O)CN(CCN(C)C)CC(C)C)cc1C. The highest BCUT2D eigenvalue weighted by atomic mass is 16.1. The summed E-state index contributed by atoms with van der Waals surface area (Å²) in [5.41, 5.74) is 3.25. The summed E-state index contributed by atoms with van der Waals surface area (Å²) >= 11 is 0. The molecule has 21 heavy (non-hydrogen) atoms. The third kappa shape index (κ3) is 6.40. The monoisotopic (exact) mass is 290 g/mol. The fraction of sp³-hybridized carbons (Fsp3) is 0.611. The molecule has 1 rings (SSSR count). The lowest BCUT2D eigenvalue weighted by Gasteiger charge is -2.25. The van der Waals surface area contributed by atoms with Gasteiger partial charge in [-0.2, -0.15) is 0 Å². The fourth-order valence-electron chi connectivity index (χ4n) is 2.30. The quantitative estimate of drug-likeness (QED) is 0.688. The highest BCUT2D eigenvalue weighted by molar-refractivity contribution is 5.97. The van der Waals surface area contributed by atoms with E-state index < -0.39 is 0 Å². The van der Waals surface area contributed by atoms with E-state index in [0.717, 1.165) is 25.2 Å². The number of hydrogen-bond donors (Lipinski definition) is 0. The van der Waals surface area contributed by atoms with Crippen LogP contribution in [-0.2, 0) is 0 Å². The van der Waals surface area contributed by atoms with Gasteiger partial charge >= 0.3 is 0 Å². The predicted molar refractivity (Wildman–Crippen MR) is 90.1 cm³/mol. The van der Waals surface area contributed by atoms with Crippen LogP contribution in [0, 0.1) is 19.8 Å². The molecule has 0 aromatic heterocycles. The first-order chi connectivity index (χ1) is 9.79. The van der Waals surface area contributed by atoms with E-state index in [9.17, 15) is 4.79 Å². The second kappa shape index (κ2) is 8.30. The first-order valence-electron chi connectivity index (χ1n) is 7.77. The number of rotatable bonds is 8. The van der Waals surface area contributed by atoms with Crippen molar-refractivity contribution in [1.82, 2.24) is 9.80 Å². The summed E-state index contributed by atoms with van der Waals surface area (Å²) < 4.78 is 0. The lowest BCUT2D eigenvalue weighted by Crippen LogP contribution is -2.37. The van der Waals surface area contributed by atoms with E-state index in [1.54, 1.807) is 0 Å². The van der Waals surface area contributed by atoms with Gasteiger partial charge in [0.2, 0.25) is 0 Å². The number of Topliss-reactive ketones (excluding diaryl/α,β-unsaturated/α-hetero) is 1. The standard InChI is InChI=1S/C18H30N2O/c1-14(2)12-20(10-9-19(5)6)13-18(21)17-8-7-15(3)16(4)11-17/h7-8,11,14H,9-10,12-13H2,1-6H3. The number of carbonyl (C=O) groups is 1. The van der Waals surface area contributed by atoms with Crippen molar-refractivity contribution in [3.8, 4) is 0 Å². The van der Waals surface area contributed by atoms with Gasteiger partial charge in [0.1, 0.15) is 0 Å². The van der Waals surface area contributed by atoms with Gasteiger partial charge in [0.25, 0.3) is 0 Å². The van der Waals surface area contributed by atoms with Crippen molar-refractivity contribution in [1.29, 1.82) is 0 Å². The zero-order chi connectivity index (χ0) is 16.0. The van der Waals surface area contributed by atoms with E-state index in [-0.39, 0.29) is 5.78 Å². The van der Waals surface area contributed by atoms with Crippen LogP contribution in [0.25, 0.3) is 0 Å². The number of hydrogen-bond acceptors (Lipinski definition) is 3. The maximum atomic E-state index is 12.5. The van der Waals surface area contributed by atoms with Crippen LogP contribution in [-0.4, -0.2) is 55.9 Å². The predicted octanol–water partition coefficient (Wildman–Crippen LogP) is 3.01. The molecule has 3 heteroatoms. The van der Waals surface area contributed by atoms with E-state index >= 15 is 0 Å². The molecule has 0 radical (unpaired) electrons. The van der Waals surface area contributed by atoms with Gasteiger partial charge in [-0.05, 0) is 51.1 Å². The van der Waals surface area contributed by atoms with E-state index in [1.807, 2.05) is 18.2 Å². The molecule has 0 saturated heterocycles. The maximum absolute atomic E-state index is 12.5. The van der Waals surface area contributed by atoms with Gasteiger partial charge in [0.15, 0.2) is 5.78 Å². The number of benzene rings is 1. The Hall–Kier alpha value is -1.19. The topological polar surface area (TPSA) is 23.6 Å². The molecule has 0 aliphatic heterocycles. The number of nitrogens with zero attached hydrogens (tertiary/aromatic N) is 2. The van der Waals surface area contributed by atoms with Crippen LogP contribution in [0.5, 0.6) is 0 Å². The normalized spacial score (nSPS) is 11.7. The van der Waals surface area contributed by atoms with Gasteiger partial charge in [-0.15, -0.1) is 0 Å². The molecule has 0 N–H and O–H groups in total. The van der Waals surface area contributed by atoms with Crippen LogP contribution in [0.15, 0.2) is 18.2 Å². The molecule has 0 saturated carbocycles. The summed E-state index contributed by atoms with van der Waals surface area (Å²) in [5.74, 6) is 0.789. The fourth-order valence-corrected chi connectivity index (χ4v) is 2.30. The Balaban J connectivity index is 2.71. The molecule has 0 spiro atoms. The van der Waals surface area contributed by atoms with Crippen molar-refractivity contribution in [2.75, 3.05) is 40.3 Å². The average Bonchev–Trinajstić information content (AvgIpc) is 2.38. The molecule has 1 aromatic rings. The van der Waals surface area contributed by atoms with Crippen molar-refractivity contribution in [3.63, 3.8) is 0 Å². The molecule has 0 heterocycles. The lowest BCUT2D eigenvalue weighted by molar-refractivity contribution is 0.0916. The van der Waals surface area contributed by atoms with Crippen molar-refractivity contribution in [2.45, 2.75) is 27.7 Å². The molecule has 0 atom stereocenters. The first-order valence-corrected chi connectivity index (χ1v) is 7.77. The molecule has 0 bridgehead atoms. The largest absolute Gasteiger partial charge is 0.308 e. The average molecular weight is 290 g/mol. The smallest absolute Gasteiger partial charge is 0.176 e. The molecule has 1 aromatic carbocycles. The minimum atomic E-state index is 0.220. The summed E-state index contributed by atoms with van der Waals surface area (Å²) in [4.78, 5) is 16.9. The number of aryl methyl sites for hydroxylation is 2. The van der Waals surface area contributed by atoms with Crippen LogP contribution in [0.2, 0.25) is 0 Å². The van der Waals surface area contributed by atoms with E-state index in [0.29, 0.717) is 12.5 Å². The molecule has 3 nitrogen and oxygen atoms in total. The highest BCUT2D eigenvalue weighted by Crippen LogP contribution is 2.11. The minimum absolute atomic E-state index is 0.220. The van der Waals surface area contributed by atoms with Gasteiger partial charge in [0, 0.05) is 25.2 Å². The number of carbonyl (C=O) groups excluding carboxylic acids is 1. The molecule has 118 valence electrons. The molecular weight excluding hydrogens is 260 g/mol. The Bertz CT molecular complexity index is 466. The molecule has 0 amide bonds. The van der Waals surface area contributed by atoms with Crippen molar-refractivity contribution >= 4 is 5.78 Å². The van der Waals surface area contributed by atoms with Gasteiger partial charge in [0.05, 0.1) is 6.54 Å². The second-order valence-electron chi connectivity index (χ2n) is 6.65. The summed E-state index contributed by atoms with van der Waals surface area (Å²) in [7, 11) is 4.14. The zero-order valence-electron chi connectivity index (χ0n) is 14.4. The lowest BCUT2D eigenvalue weighted by atomic mass is 10.0. The van der Waals surface area contributed by atoms with Crippen LogP contribution in [0.1, 0.15) is 35.3 Å². The van der Waals surface area contributed by atoms with E-state index in [2.05, 4.69) is 51.6 Å². The van der Waals surface area contributed by atoms with Crippen molar-refractivity contribution < 1.29 is 4.79 Å². The summed E-state index contributed by atoms with van der Waals surface area (Å²) in [6, 6.07) is 6.00. The van der Waals surface area contributed by atoms with Crippen LogP contribution in [0.3, 0.4) is 0 Å². The van der Waals surface area contributed by atoms with Crippen LogP contribution < -0.4 is 0 Å². The van der Waals surface area contributed by atoms with E-state index in [1.165, 1.54) is 11.1 Å². The third-order valence-corrected chi connectivity index (χ3v) is 3.68. The summed E-state index contributed by atoms with van der Waals surface area (Å²) in [6.45, 7) is 11.9. The second-order valence-corrected chi connectivity index (χ2v) is 6.65. The number of likely N-dealkylation sites (N-methyl/N-ethyl adjacent to an activating group) is 1. The highest BCUT2D eigenvalue weighted by Gasteiger charge is 2.14. The Morgan fingerprint density at radius 1 is 1.10 bits per heavy atom. The Morgan fingerprint density at radius 3 is 2.29 bits per heavy atom. The Morgan fingerprint density at radius 2 is 1.76 bits per heavy atom. The van der Waals surface area contributed by atoms with Crippen molar-refractivity contribution in [3.05, 3.63) is 34.9 Å². The summed E-state index contributed by atoms with van der Waals surface area (Å²) in [6.07, 6.45) is 0. The summed E-state index contributed by atoms with van der Waals surface area (Å²) in [5, 5.41) is 0. The van der Waals surface area contributed by atoms with Gasteiger partial charge < -0.3 is 4.90 Å². The first kappa shape index (κ1) is 17.9. The maximum Gasteiger partial charge on any atom is 0.176 e. The zero-order valence-corrected chi connectivity index (χ0v) is 14.4.